The number of carbonyl (C=O) groups excluding carboxylic acids is 1. The van der Waals surface area contributed by atoms with Crippen molar-refractivity contribution >= 4 is 23.2 Å². The first kappa shape index (κ1) is 14.1. The van der Waals surface area contributed by atoms with Gasteiger partial charge >= 0.3 is 0 Å². The number of hydrogen-bond acceptors (Lipinski definition) is 1. The fourth-order valence-corrected chi connectivity index (χ4v) is 2.94. The van der Waals surface area contributed by atoms with Crippen LogP contribution in [0.5, 0.6) is 0 Å². The molecule has 4 heteroatoms. The van der Waals surface area contributed by atoms with E-state index in [9.17, 15) is 9.18 Å². The molecule has 0 heterocycles. The molecule has 1 saturated carbocycles. The Bertz CT molecular complexity index is 665. The smallest absolute Gasteiger partial charge is 0.235 e. The molecule has 1 aliphatic carbocycles. The average Bonchev–Trinajstić information content (AvgIpc) is 2.40. The zero-order valence-corrected chi connectivity index (χ0v) is 12.2. The minimum atomic E-state index is -0.515. The second kappa shape index (κ2) is 5.49. The summed E-state index contributed by atoms with van der Waals surface area (Å²) in [5, 5.41) is 3.51. The van der Waals surface area contributed by atoms with Crippen LogP contribution in [0.1, 0.15) is 24.8 Å². The van der Waals surface area contributed by atoms with E-state index in [1.54, 1.807) is 18.2 Å². The molecule has 0 unspecified atom stereocenters. The van der Waals surface area contributed by atoms with Crippen molar-refractivity contribution in [2.75, 3.05) is 5.32 Å². The van der Waals surface area contributed by atoms with Gasteiger partial charge in [0.05, 0.1) is 5.41 Å². The van der Waals surface area contributed by atoms with Crippen LogP contribution in [-0.4, -0.2) is 5.91 Å². The molecule has 0 spiro atoms. The monoisotopic (exact) mass is 303 g/mol. The second-order valence-electron chi connectivity index (χ2n) is 5.41. The summed E-state index contributed by atoms with van der Waals surface area (Å²) in [5.41, 5.74) is 1.04. The molecular weight excluding hydrogens is 289 g/mol. The molecular formula is C17H15ClFNO. The van der Waals surface area contributed by atoms with Gasteiger partial charge in [-0.25, -0.2) is 4.39 Å². The number of halogens is 2. The standard InChI is InChI=1S/C17H15ClFNO/c18-13-4-1-3-12(11-13)17(9-2-10-17)16(21)20-15-7-5-14(19)6-8-15/h1,3-8,11H,2,9-10H2,(H,20,21). The maximum Gasteiger partial charge on any atom is 0.235 e. The molecule has 1 aliphatic rings. The highest BCUT2D eigenvalue weighted by Gasteiger charge is 2.45. The molecule has 0 atom stereocenters. The number of hydrogen-bond donors (Lipinski definition) is 1. The maximum absolute atomic E-state index is 12.9. The summed E-state index contributed by atoms with van der Waals surface area (Å²) in [6, 6.07) is 13.3. The predicted molar refractivity (Wildman–Crippen MR) is 82.0 cm³/mol. The van der Waals surface area contributed by atoms with Crippen LogP contribution in [0.2, 0.25) is 5.02 Å². The average molecular weight is 304 g/mol. The molecule has 2 aromatic carbocycles. The molecule has 0 bridgehead atoms. The summed E-state index contributed by atoms with van der Waals surface area (Å²) in [6.07, 6.45) is 2.63. The molecule has 2 nitrogen and oxygen atoms in total. The Morgan fingerprint density at radius 3 is 2.43 bits per heavy atom. The number of nitrogens with one attached hydrogen (secondary N) is 1. The first-order chi connectivity index (χ1) is 10.1. The molecule has 0 saturated heterocycles. The Hall–Kier alpha value is -1.87. The van der Waals surface area contributed by atoms with Crippen LogP contribution in [0.3, 0.4) is 0 Å². The first-order valence-corrected chi connectivity index (χ1v) is 7.31. The van der Waals surface area contributed by atoms with Gasteiger partial charge in [0.1, 0.15) is 5.82 Å². The van der Waals surface area contributed by atoms with Crippen LogP contribution in [0, 0.1) is 5.82 Å². The van der Waals surface area contributed by atoms with E-state index in [1.165, 1.54) is 12.1 Å². The minimum Gasteiger partial charge on any atom is -0.325 e. The lowest BCUT2D eigenvalue weighted by molar-refractivity contribution is -0.124. The van der Waals surface area contributed by atoms with Gasteiger partial charge in [0.2, 0.25) is 5.91 Å². The van der Waals surface area contributed by atoms with Crippen LogP contribution in [-0.2, 0) is 10.2 Å². The number of benzene rings is 2. The van der Waals surface area contributed by atoms with Gasteiger partial charge in [-0.3, -0.25) is 4.79 Å². The van der Waals surface area contributed by atoms with E-state index in [1.807, 2.05) is 18.2 Å². The second-order valence-corrected chi connectivity index (χ2v) is 5.84. The van der Waals surface area contributed by atoms with Crippen molar-refractivity contribution in [3.05, 3.63) is 64.9 Å². The zero-order chi connectivity index (χ0) is 14.9. The summed E-state index contributed by atoms with van der Waals surface area (Å²) in [4.78, 5) is 12.7. The van der Waals surface area contributed by atoms with Crippen LogP contribution in [0.15, 0.2) is 48.5 Å². The highest BCUT2D eigenvalue weighted by Crippen LogP contribution is 2.45. The largest absolute Gasteiger partial charge is 0.325 e. The van der Waals surface area contributed by atoms with E-state index in [-0.39, 0.29) is 11.7 Å². The number of rotatable bonds is 3. The molecule has 108 valence electrons. The molecule has 3 rings (SSSR count). The van der Waals surface area contributed by atoms with Gasteiger partial charge in [-0.05, 0) is 54.8 Å². The van der Waals surface area contributed by atoms with Gasteiger partial charge in [0.15, 0.2) is 0 Å². The molecule has 0 aliphatic heterocycles. The van der Waals surface area contributed by atoms with Crippen LogP contribution in [0.4, 0.5) is 10.1 Å². The van der Waals surface area contributed by atoms with E-state index in [2.05, 4.69) is 5.32 Å². The molecule has 1 amide bonds. The first-order valence-electron chi connectivity index (χ1n) is 6.93. The van der Waals surface area contributed by atoms with Crippen molar-refractivity contribution in [3.8, 4) is 0 Å². The van der Waals surface area contributed by atoms with Gasteiger partial charge in [-0.2, -0.15) is 0 Å². The van der Waals surface area contributed by atoms with E-state index < -0.39 is 5.41 Å². The minimum absolute atomic E-state index is 0.0531. The quantitative estimate of drug-likeness (QED) is 0.886. The van der Waals surface area contributed by atoms with E-state index in [0.29, 0.717) is 10.7 Å². The topological polar surface area (TPSA) is 29.1 Å². The third kappa shape index (κ3) is 2.66. The van der Waals surface area contributed by atoms with E-state index in [0.717, 1.165) is 24.8 Å². The highest BCUT2D eigenvalue weighted by atomic mass is 35.5. The summed E-state index contributed by atoms with van der Waals surface area (Å²) >= 11 is 6.04. The van der Waals surface area contributed by atoms with E-state index >= 15 is 0 Å². The fourth-order valence-electron chi connectivity index (χ4n) is 2.75. The predicted octanol–water partition coefficient (Wildman–Crippen LogP) is 4.54. The van der Waals surface area contributed by atoms with Crippen molar-refractivity contribution in [3.63, 3.8) is 0 Å². The Morgan fingerprint density at radius 2 is 1.86 bits per heavy atom. The third-order valence-corrected chi connectivity index (χ3v) is 4.36. The van der Waals surface area contributed by atoms with Crippen molar-refractivity contribution in [1.29, 1.82) is 0 Å². The summed E-state index contributed by atoms with van der Waals surface area (Å²) in [6.45, 7) is 0. The molecule has 21 heavy (non-hydrogen) atoms. The van der Waals surface area contributed by atoms with Crippen LogP contribution < -0.4 is 5.32 Å². The molecule has 1 N–H and O–H groups in total. The van der Waals surface area contributed by atoms with Gasteiger partial charge in [0.25, 0.3) is 0 Å². The van der Waals surface area contributed by atoms with E-state index in [4.69, 9.17) is 11.6 Å². The molecule has 0 aromatic heterocycles. The number of carbonyl (C=O) groups is 1. The summed E-state index contributed by atoms with van der Waals surface area (Å²) in [5.74, 6) is -0.371. The third-order valence-electron chi connectivity index (χ3n) is 4.12. The van der Waals surface area contributed by atoms with Crippen molar-refractivity contribution in [2.45, 2.75) is 24.7 Å². The molecule has 2 aromatic rings. The molecule has 1 fully saturated rings. The van der Waals surface area contributed by atoms with Crippen molar-refractivity contribution in [2.24, 2.45) is 0 Å². The zero-order valence-electron chi connectivity index (χ0n) is 11.4. The van der Waals surface area contributed by atoms with Crippen molar-refractivity contribution in [1.82, 2.24) is 0 Å². The van der Waals surface area contributed by atoms with Gasteiger partial charge in [-0.15, -0.1) is 0 Å². The number of anilines is 1. The van der Waals surface area contributed by atoms with Gasteiger partial charge in [0, 0.05) is 10.7 Å². The highest BCUT2D eigenvalue weighted by molar-refractivity contribution is 6.30. The normalized spacial score (nSPS) is 16.1. The summed E-state index contributed by atoms with van der Waals surface area (Å²) in [7, 11) is 0. The molecule has 0 radical (unpaired) electrons. The lowest BCUT2D eigenvalue weighted by Crippen LogP contribution is -2.46. The number of amides is 1. The lowest BCUT2D eigenvalue weighted by Gasteiger charge is -2.40. The lowest BCUT2D eigenvalue weighted by atomic mass is 9.64. The maximum atomic E-state index is 12.9. The fraction of sp³-hybridized carbons (Fsp3) is 0.235. The Morgan fingerprint density at radius 1 is 1.14 bits per heavy atom. The summed E-state index contributed by atoms with van der Waals surface area (Å²) < 4.78 is 12.9. The Balaban J connectivity index is 1.85. The van der Waals surface area contributed by atoms with Gasteiger partial charge in [-0.1, -0.05) is 30.2 Å². The SMILES string of the molecule is O=C(Nc1ccc(F)cc1)C1(c2cccc(Cl)c2)CCC1. The van der Waals surface area contributed by atoms with Crippen molar-refractivity contribution < 1.29 is 9.18 Å². The van der Waals surface area contributed by atoms with Crippen LogP contribution in [0.25, 0.3) is 0 Å². The van der Waals surface area contributed by atoms with Crippen LogP contribution >= 0.6 is 11.6 Å². The van der Waals surface area contributed by atoms with Gasteiger partial charge < -0.3 is 5.32 Å². The Labute approximate surface area is 127 Å². The Kier molecular flexibility index (Phi) is 3.68.